The van der Waals surface area contributed by atoms with Crippen molar-refractivity contribution in [2.24, 2.45) is 0 Å². The Balaban J connectivity index is 1.72. The number of nitro groups is 1. The first-order valence-electron chi connectivity index (χ1n) is 10.4. The molecule has 0 bridgehead atoms. The summed E-state index contributed by atoms with van der Waals surface area (Å²) in [5, 5.41) is 11.7. The smallest absolute Gasteiger partial charge is 0.293 e. The van der Waals surface area contributed by atoms with Gasteiger partial charge in [0.25, 0.3) is 5.69 Å². The number of nitro benzene ring substituents is 1. The predicted octanol–water partition coefficient (Wildman–Crippen LogP) is 0.807. The fourth-order valence-corrected chi connectivity index (χ4v) is 6.17. The van der Waals surface area contributed by atoms with Crippen molar-refractivity contribution >= 4 is 45.0 Å². The average Bonchev–Trinajstić information content (AvgIpc) is 3.18. The summed E-state index contributed by atoms with van der Waals surface area (Å²) in [4.78, 5) is 40.2. The molecular weight excluding hydrogens is 458 g/mol. The molecule has 1 aromatic rings. The van der Waals surface area contributed by atoms with Crippen molar-refractivity contribution in [1.82, 2.24) is 14.1 Å². The number of hydrogen-bond donors (Lipinski definition) is 0. The summed E-state index contributed by atoms with van der Waals surface area (Å²) in [5.74, 6) is 0.720. The summed E-state index contributed by atoms with van der Waals surface area (Å²) in [7, 11) is -3.82. The fourth-order valence-electron chi connectivity index (χ4n) is 3.79. The maximum Gasteiger partial charge on any atom is 0.293 e. The SMILES string of the molecule is CCN(CC)S(=O)(=O)c1ccc(N2CCN(C(=O)CN3CSCC3=O)CC2)c([N+](=O)[O-])c1. The Hall–Kier alpha value is -2.38. The van der Waals surface area contributed by atoms with Crippen LogP contribution in [-0.4, -0.2) is 96.7 Å². The molecule has 0 aliphatic carbocycles. The van der Waals surface area contributed by atoms with Gasteiger partial charge >= 0.3 is 0 Å². The van der Waals surface area contributed by atoms with E-state index in [2.05, 4.69) is 0 Å². The molecule has 0 atom stereocenters. The molecule has 176 valence electrons. The van der Waals surface area contributed by atoms with Crippen LogP contribution in [0.2, 0.25) is 0 Å². The Labute approximate surface area is 191 Å². The molecular formula is C19H27N5O6S2. The lowest BCUT2D eigenvalue weighted by Crippen LogP contribution is -2.51. The number of nitrogens with zero attached hydrogens (tertiary/aromatic N) is 5. The number of benzene rings is 1. The molecule has 0 spiro atoms. The number of rotatable bonds is 8. The van der Waals surface area contributed by atoms with Gasteiger partial charge in [-0.2, -0.15) is 4.31 Å². The highest BCUT2D eigenvalue weighted by atomic mass is 32.2. The Bertz CT molecular complexity index is 990. The van der Waals surface area contributed by atoms with E-state index in [1.807, 2.05) is 0 Å². The molecule has 11 nitrogen and oxygen atoms in total. The highest BCUT2D eigenvalue weighted by Gasteiger charge is 2.31. The van der Waals surface area contributed by atoms with E-state index in [1.54, 1.807) is 23.6 Å². The molecule has 2 aliphatic heterocycles. The minimum absolute atomic E-state index is 0.0441. The Morgan fingerprint density at radius 1 is 1.19 bits per heavy atom. The molecule has 2 aliphatic rings. The van der Waals surface area contributed by atoms with E-state index >= 15 is 0 Å². The minimum atomic E-state index is -3.82. The number of carbonyl (C=O) groups excluding carboxylic acids is 2. The lowest BCUT2D eigenvalue weighted by Gasteiger charge is -2.36. The fraction of sp³-hybridized carbons (Fsp3) is 0.579. The third kappa shape index (κ3) is 4.99. The van der Waals surface area contributed by atoms with Crippen LogP contribution in [0.15, 0.2) is 23.1 Å². The second-order valence-corrected chi connectivity index (χ2v) is 10.3. The van der Waals surface area contributed by atoms with Crippen molar-refractivity contribution in [2.45, 2.75) is 18.7 Å². The van der Waals surface area contributed by atoms with Crippen LogP contribution in [0, 0.1) is 10.1 Å². The summed E-state index contributed by atoms with van der Waals surface area (Å²) in [5.41, 5.74) is 0.0458. The van der Waals surface area contributed by atoms with Crippen LogP contribution < -0.4 is 4.90 Å². The van der Waals surface area contributed by atoms with E-state index in [0.29, 0.717) is 43.5 Å². The number of sulfonamides is 1. The maximum absolute atomic E-state index is 12.8. The molecule has 2 amide bonds. The van der Waals surface area contributed by atoms with Gasteiger partial charge in [-0.05, 0) is 12.1 Å². The number of anilines is 1. The number of thioether (sulfide) groups is 1. The van der Waals surface area contributed by atoms with Gasteiger partial charge in [0.2, 0.25) is 21.8 Å². The van der Waals surface area contributed by atoms with Crippen LogP contribution in [0.3, 0.4) is 0 Å². The summed E-state index contributed by atoms with van der Waals surface area (Å²) in [6.07, 6.45) is 0. The topological polar surface area (TPSA) is 124 Å². The Morgan fingerprint density at radius 3 is 2.38 bits per heavy atom. The highest BCUT2D eigenvalue weighted by molar-refractivity contribution is 8.00. The van der Waals surface area contributed by atoms with Crippen LogP contribution in [0.25, 0.3) is 0 Å². The number of piperazine rings is 1. The monoisotopic (exact) mass is 485 g/mol. The zero-order chi connectivity index (χ0) is 23.5. The van der Waals surface area contributed by atoms with Crippen LogP contribution in [0.1, 0.15) is 13.8 Å². The van der Waals surface area contributed by atoms with E-state index in [4.69, 9.17) is 0 Å². The van der Waals surface area contributed by atoms with E-state index < -0.39 is 14.9 Å². The summed E-state index contributed by atoms with van der Waals surface area (Å²) in [6, 6.07) is 3.97. The molecule has 13 heteroatoms. The molecule has 1 aromatic carbocycles. The molecule has 2 heterocycles. The number of amides is 2. The van der Waals surface area contributed by atoms with E-state index in [0.717, 1.165) is 6.07 Å². The van der Waals surface area contributed by atoms with Crippen molar-refractivity contribution in [3.63, 3.8) is 0 Å². The van der Waals surface area contributed by atoms with Gasteiger partial charge in [-0.15, -0.1) is 11.8 Å². The number of hydrogen-bond acceptors (Lipinski definition) is 8. The van der Waals surface area contributed by atoms with Crippen LogP contribution in [0.5, 0.6) is 0 Å². The second-order valence-electron chi connectivity index (χ2n) is 7.43. The van der Waals surface area contributed by atoms with Gasteiger partial charge in [0.05, 0.1) is 21.4 Å². The average molecular weight is 486 g/mol. The standard InChI is InChI=1S/C19H27N5O6S2/c1-3-23(4-2)32(29,30)15-5-6-16(17(11-15)24(27)28)20-7-9-21(10-8-20)18(25)12-22-14-31-13-19(22)26/h5-6,11H,3-4,7-10,12-14H2,1-2H3. The van der Waals surface area contributed by atoms with Crippen LogP contribution in [-0.2, 0) is 19.6 Å². The summed E-state index contributed by atoms with van der Waals surface area (Å²) in [6.45, 7) is 5.48. The van der Waals surface area contributed by atoms with Gasteiger partial charge in [0, 0.05) is 45.3 Å². The van der Waals surface area contributed by atoms with Crippen molar-refractivity contribution in [3.8, 4) is 0 Å². The Morgan fingerprint density at radius 2 is 1.84 bits per heavy atom. The van der Waals surface area contributed by atoms with Crippen molar-refractivity contribution in [1.29, 1.82) is 0 Å². The van der Waals surface area contributed by atoms with Gasteiger partial charge < -0.3 is 14.7 Å². The van der Waals surface area contributed by atoms with Gasteiger partial charge in [-0.1, -0.05) is 13.8 Å². The van der Waals surface area contributed by atoms with E-state index in [-0.39, 0.29) is 42.0 Å². The normalized spacial score (nSPS) is 17.3. The zero-order valence-corrected chi connectivity index (χ0v) is 19.7. The first kappa shape index (κ1) is 24.3. The first-order chi connectivity index (χ1) is 15.2. The third-order valence-corrected chi connectivity index (χ3v) is 8.60. The van der Waals surface area contributed by atoms with Crippen LogP contribution in [0.4, 0.5) is 11.4 Å². The van der Waals surface area contributed by atoms with Crippen molar-refractivity contribution in [3.05, 3.63) is 28.3 Å². The quantitative estimate of drug-likeness (QED) is 0.391. The molecule has 0 radical (unpaired) electrons. The molecule has 0 unspecified atom stereocenters. The molecule has 0 saturated carbocycles. The Kier molecular flexibility index (Phi) is 7.62. The predicted molar refractivity (Wildman–Crippen MR) is 121 cm³/mol. The third-order valence-electron chi connectivity index (χ3n) is 5.61. The maximum atomic E-state index is 12.8. The van der Waals surface area contributed by atoms with Gasteiger partial charge in [0.15, 0.2) is 0 Å². The van der Waals surface area contributed by atoms with E-state index in [1.165, 1.54) is 33.1 Å². The van der Waals surface area contributed by atoms with Gasteiger partial charge in [-0.25, -0.2) is 8.42 Å². The van der Waals surface area contributed by atoms with Gasteiger partial charge in [0.1, 0.15) is 12.2 Å². The molecule has 0 N–H and O–H groups in total. The molecule has 2 saturated heterocycles. The molecule has 32 heavy (non-hydrogen) atoms. The van der Waals surface area contributed by atoms with E-state index in [9.17, 15) is 28.1 Å². The molecule has 3 rings (SSSR count). The molecule has 2 fully saturated rings. The zero-order valence-electron chi connectivity index (χ0n) is 18.1. The lowest BCUT2D eigenvalue weighted by molar-refractivity contribution is -0.384. The lowest BCUT2D eigenvalue weighted by atomic mass is 10.2. The first-order valence-corrected chi connectivity index (χ1v) is 12.9. The van der Waals surface area contributed by atoms with Gasteiger partial charge in [-0.3, -0.25) is 19.7 Å². The highest BCUT2D eigenvalue weighted by Crippen LogP contribution is 2.32. The summed E-state index contributed by atoms with van der Waals surface area (Å²) < 4.78 is 26.8. The molecule has 0 aromatic heterocycles. The minimum Gasteiger partial charge on any atom is -0.362 e. The number of carbonyl (C=O) groups is 2. The van der Waals surface area contributed by atoms with Crippen molar-refractivity contribution in [2.75, 3.05) is 62.3 Å². The summed E-state index contributed by atoms with van der Waals surface area (Å²) >= 11 is 1.48. The van der Waals surface area contributed by atoms with Crippen molar-refractivity contribution < 1.29 is 22.9 Å². The largest absolute Gasteiger partial charge is 0.362 e. The second kappa shape index (κ2) is 10.0. The van der Waals surface area contributed by atoms with Crippen LogP contribution >= 0.6 is 11.8 Å².